The van der Waals surface area contributed by atoms with Gasteiger partial charge in [0.2, 0.25) is 5.91 Å². The van der Waals surface area contributed by atoms with Crippen LogP contribution in [0.4, 0.5) is 5.69 Å². The number of aromatic amines is 1. The van der Waals surface area contributed by atoms with Crippen molar-refractivity contribution in [2.45, 2.75) is 19.3 Å². The van der Waals surface area contributed by atoms with Crippen molar-refractivity contribution in [1.82, 2.24) is 15.5 Å². The quantitative estimate of drug-likeness (QED) is 0.784. The van der Waals surface area contributed by atoms with E-state index in [4.69, 9.17) is 0 Å². The molecule has 100 valence electrons. The van der Waals surface area contributed by atoms with Gasteiger partial charge in [-0.25, -0.2) is 0 Å². The van der Waals surface area contributed by atoms with Crippen LogP contribution in [0.15, 0.2) is 24.4 Å². The number of nitrogens with one attached hydrogen (secondary N) is 3. The third-order valence-corrected chi connectivity index (χ3v) is 3.67. The second-order valence-corrected chi connectivity index (χ2v) is 5.12. The number of hydrogen-bond donors (Lipinski definition) is 3. The minimum atomic E-state index is 0.0887. The van der Waals surface area contributed by atoms with Gasteiger partial charge in [0.15, 0.2) is 0 Å². The van der Waals surface area contributed by atoms with Crippen molar-refractivity contribution in [3.8, 4) is 0 Å². The summed E-state index contributed by atoms with van der Waals surface area (Å²) >= 11 is 0. The Balaban J connectivity index is 1.55. The fraction of sp³-hybridized carbons (Fsp3) is 0.429. The fourth-order valence-corrected chi connectivity index (χ4v) is 2.53. The van der Waals surface area contributed by atoms with Gasteiger partial charge in [-0.15, -0.1) is 0 Å². The molecule has 1 aliphatic rings. The van der Waals surface area contributed by atoms with Crippen LogP contribution in [0.25, 0.3) is 10.9 Å². The lowest BCUT2D eigenvalue weighted by Crippen LogP contribution is -2.14. The predicted octanol–water partition coefficient (Wildman–Crippen LogP) is 1.89. The molecular weight excluding hydrogens is 240 g/mol. The van der Waals surface area contributed by atoms with Crippen LogP contribution < -0.4 is 10.6 Å². The molecule has 1 aromatic carbocycles. The number of benzene rings is 1. The van der Waals surface area contributed by atoms with E-state index >= 15 is 0 Å². The Bertz CT molecular complexity index is 572. The maximum Gasteiger partial charge on any atom is 0.224 e. The summed E-state index contributed by atoms with van der Waals surface area (Å²) in [5, 5.41) is 14.2. The Morgan fingerprint density at radius 3 is 3.26 bits per heavy atom. The predicted molar refractivity (Wildman–Crippen MR) is 74.9 cm³/mol. The van der Waals surface area contributed by atoms with Crippen molar-refractivity contribution in [3.05, 3.63) is 24.4 Å². The van der Waals surface area contributed by atoms with E-state index < -0.39 is 0 Å². The molecule has 0 saturated carbocycles. The molecule has 1 atom stereocenters. The Morgan fingerprint density at radius 1 is 1.47 bits per heavy atom. The summed E-state index contributed by atoms with van der Waals surface area (Å²) in [6, 6.07) is 5.78. The number of hydrogen-bond acceptors (Lipinski definition) is 3. The molecule has 2 aromatic rings. The van der Waals surface area contributed by atoms with Gasteiger partial charge < -0.3 is 10.6 Å². The standard InChI is InChI=1S/C14H18N4O/c19-14(4-1-10-5-6-15-8-10)17-12-3-2-11-9-16-18-13(11)7-12/h2-3,7,9-10,15H,1,4-6,8H2,(H,16,18)(H,17,19). The maximum atomic E-state index is 11.9. The number of aromatic nitrogens is 2. The number of rotatable bonds is 4. The van der Waals surface area contributed by atoms with Crippen LogP contribution in [-0.4, -0.2) is 29.2 Å². The first-order chi connectivity index (χ1) is 9.31. The monoisotopic (exact) mass is 258 g/mol. The van der Waals surface area contributed by atoms with E-state index in [1.165, 1.54) is 6.42 Å². The van der Waals surface area contributed by atoms with Crippen molar-refractivity contribution in [3.63, 3.8) is 0 Å². The minimum Gasteiger partial charge on any atom is -0.326 e. The van der Waals surface area contributed by atoms with Gasteiger partial charge in [-0.2, -0.15) is 5.10 Å². The zero-order chi connectivity index (χ0) is 13.1. The van der Waals surface area contributed by atoms with Crippen molar-refractivity contribution in [1.29, 1.82) is 0 Å². The highest BCUT2D eigenvalue weighted by molar-refractivity contribution is 5.93. The molecule has 0 bridgehead atoms. The fourth-order valence-electron chi connectivity index (χ4n) is 2.53. The number of anilines is 1. The van der Waals surface area contributed by atoms with Crippen LogP contribution in [-0.2, 0) is 4.79 Å². The Labute approximate surface area is 111 Å². The summed E-state index contributed by atoms with van der Waals surface area (Å²) in [7, 11) is 0. The smallest absolute Gasteiger partial charge is 0.224 e. The lowest BCUT2D eigenvalue weighted by molar-refractivity contribution is -0.116. The van der Waals surface area contributed by atoms with E-state index in [0.717, 1.165) is 36.1 Å². The van der Waals surface area contributed by atoms with Gasteiger partial charge in [0.25, 0.3) is 0 Å². The van der Waals surface area contributed by atoms with Gasteiger partial charge in [0.1, 0.15) is 0 Å². The topological polar surface area (TPSA) is 69.8 Å². The summed E-state index contributed by atoms with van der Waals surface area (Å²) in [6.07, 6.45) is 4.51. The van der Waals surface area contributed by atoms with Gasteiger partial charge in [-0.05, 0) is 50.0 Å². The lowest BCUT2D eigenvalue weighted by Gasteiger charge is -2.08. The van der Waals surface area contributed by atoms with Gasteiger partial charge in [0, 0.05) is 17.5 Å². The zero-order valence-corrected chi connectivity index (χ0v) is 10.8. The molecule has 0 radical (unpaired) electrons. The summed E-state index contributed by atoms with van der Waals surface area (Å²) in [5.41, 5.74) is 1.77. The third kappa shape index (κ3) is 2.93. The first-order valence-corrected chi connectivity index (χ1v) is 6.75. The van der Waals surface area contributed by atoms with E-state index in [0.29, 0.717) is 12.3 Å². The van der Waals surface area contributed by atoms with Crippen LogP contribution in [0, 0.1) is 5.92 Å². The van der Waals surface area contributed by atoms with Crippen LogP contribution in [0.3, 0.4) is 0 Å². The summed E-state index contributed by atoms with van der Waals surface area (Å²) < 4.78 is 0. The van der Waals surface area contributed by atoms with Crippen molar-refractivity contribution < 1.29 is 4.79 Å². The molecule has 1 aliphatic heterocycles. The van der Waals surface area contributed by atoms with Crippen molar-refractivity contribution in [2.75, 3.05) is 18.4 Å². The third-order valence-electron chi connectivity index (χ3n) is 3.67. The van der Waals surface area contributed by atoms with Crippen LogP contribution in [0.5, 0.6) is 0 Å². The molecule has 19 heavy (non-hydrogen) atoms. The molecule has 1 saturated heterocycles. The lowest BCUT2D eigenvalue weighted by atomic mass is 10.0. The molecule has 5 nitrogen and oxygen atoms in total. The first kappa shape index (κ1) is 12.2. The first-order valence-electron chi connectivity index (χ1n) is 6.75. The van der Waals surface area contributed by atoms with Gasteiger partial charge in [0.05, 0.1) is 11.7 Å². The van der Waals surface area contributed by atoms with Crippen LogP contribution >= 0.6 is 0 Å². The number of fused-ring (bicyclic) bond motifs is 1. The Kier molecular flexibility index (Phi) is 3.46. The van der Waals surface area contributed by atoms with E-state index in [-0.39, 0.29) is 5.91 Å². The largest absolute Gasteiger partial charge is 0.326 e. The molecule has 0 spiro atoms. The van der Waals surface area contributed by atoms with Crippen LogP contribution in [0.1, 0.15) is 19.3 Å². The molecule has 0 aliphatic carbocycles. The summed E-state index contributed by atoms with van der Waals surface area (Å²) in [6.45, 7) is 2.14. The van der Waals surface area contributed by atoms with Crippen molar-refractivity contribution >= 4 is 22.5 Å². The van der Waals surface area contributed by atoms with Gasteiger partial charge in [-0.1, -0.05) is 0 Å². The second-order valence-electron chi connectivity index (χ2n) is 5.12. The minimum absolute atomic E-state index is 0.0887. The zero-order valence-electron chi connectivity index (χ0n) is 10.8. The summed E-state index contributed by atoms with van der Waals surface area (Å²) in [5.74, 6) is 0.742. The highest BCUT2D eigenvalue weighted by Gasteiger charge is 2.15. The van der Waals surface area contributed by atoms with Crippen LogP contribution in [0.2, 0.25) is 0 Å². The highest BCUT2D eigenvalue weighted by atomic mass is 16.1. The van der Waals surface area contributed by atoms with E-state index in [1.54, 1.807) is 6.20 Å². The number of H-pyrrole nitrogens is 1. The molecule has 1 unspecified atom stereocenters. The second kappa shape index (κ2) is 5.40. The molecule has 5 heteroatoms. The molecule has 1 amide bonds. The average Bonchev–Trinajstić information content (AvgIpc) is 3.07. The molecular formula is C14H18N4O. The molecule has 2 heterocycles. The molecule has 3 rings (SSSR count). The van der Waals surface area contributed by atoms with E-state index in [2.05, 4.69) is 20.8 Å². The highest BCUT2D eigenvalue weighted by Crippen LogP contribution is 2.18. The van der Waals surface area contributed by atoms with E-state index in [9.17, 15) is 4.79 Å². The van der Waals surface area contributed by atoms with E-state index in [1.807, 2.05) is 18.2 Å². The normalized spacial score (nSPS) is 18.8. The summed E-state index contributed by atoms with van der Waals surface area (Å²) in [4.78, 5) is 11.9. The average molecular weight is 258 g/mol. The van der Waals surface area contributed by atoms with Gasteiger partial charge >= 0.3 is 0 Å². The number of nitrogens with zero attached hydrogens (tertiary/aromatic N) is 1. The van der Waals surface area contributed by atoms with Crippen molar-refractivity contribution in [2.24, 2.45) is 5.92 Å². The Morgan fingerprint density at radius 2 is 2.42 bits per heavy atom. The maximum absolute atomic E-state index is 11.9. The number of carbonyl (C=O) groups excluding carboxylic acids is 1. The number of amides is 1. The molecule has 1 aromatic heterocycles. The molecule has 3 N–H and O–H groups in total. The SMILES string of the molecule is O=C(CCC1CCNC1)Nc1ccc2cn[nH]c2c1. The molecule has 1 fully saturated rings. The number of carbonyl (C=O) groups is 1. The Hall–Kier alpha value is -1.88. The van der Waals surface area contributed by atoms with Gasteiger partial charge in [-0.3, -0.25) is 9.89 Å².